The second-order valence-electron chi connectivity index (χ2n) is 3.64. The van der Waals surface area contributed by atoms with Gasteiger partial charge in [-0.2, -0.15) is 0 Å². The Bertz CT molecular complexity index is 537. The average molecular weight is 249 g/mol. The van der Waals surface area contributed by atoms with E-state index in [0.717, 1.165) is 5.56 Å². The standard InChI is InChI=1S/C10H11N5O3/c16-6-5-14-10(11-12-13-14)7-8-1-3-9(4-2-8)15(17)18/h1-4,16H,5-7H2. The SMILES string of the molecule is O=[N+]([O-])c1ccc(Cc2nnnn2CCO)cc1. The zero-order valence-electron chi connectivity index (χ0n) is 9.43. The van der Waals surface area contributed by atoms with Gasteiger partial charge in [0.05, 0.1) is 18.1 Å². The van der Waals surface area contributed by atoms with Crippen molar-refractivity contribution in [1.82, 2.24) is 20.2 Å². The lowest BCUT2D eigenvalue weighted by atomic mass is 10.1. The summed E-state index contributed by atoms with van der Waals surface area (Å²) in [5, 5.41) is 30.5. The highest BCUT2D eigenvalue weighted by molar-refractivity contribution is 5.33. The third-order valence-corrected chi connectivity index (χ3v) is 2.43. The average Bonchev–Trinajstić information content (AvgIpc) is 2.78. The molecule has 0 saturated carbocycles. The van der Waals surface area contributed by atoms with Crippen LogP contribution < -0.4 is 0 Å². The van der Waals surface area contributed by atoms with Gasteiger partial charge in [-0.1, -0.05) is 12.1 Å². The molecule has 0 aliphatic carbocycles. The van der Waals surface area contributed by atoms with Crippen LogP contribution in [0, 0.1) is 10.1 Å². The summed E-state index contributed by atoms with van der Waals surface area (Å²) in [7, 11) is 0. The lowest BCUT2D eigenvalue weighted by molar-refractivity contribution is -0.384. The van der Waals surface area contributed by atoms with Gasteiger partial charge < -0.3 is 5.11 Å². The van der Waals surface area contributed by atoms with E-state index in [4.69, 9.17) is 5.11 Å². The predicted octanol–water partition coefficient (Wildman–Crippen LogP) is 0.164. The van der Waals surface area contributed by atoms with Crippen molar-refractivity contribution < 1.29 is 10.0 Å². The first-order valence-corrected chi connectivity index (χ1v) is 5.30. The van der Waals surface area contributed by atoms with Crippen LogP contribution in [0.5, 0.6) is 0 Å². The molecule has 1 aromatic heterocycles. The molecule has 0 saturated heterocycles. The molecule has 0 radical (unpaired) electrons. The second kappa shape index (κ2) is 5.32. The lowest BCUT2D eigenvalue weighted by Crippen LogP contribution is -2.09. The number of tetrazole rings is 1. The highest BCUT2D eigenvalue weighted by Crippen LogP contribution is 2.13. The van der Waals surface area contributed by atoms with Gasteiger partial charge >= 0.3 is 0 Å². The monoisotopic (exact) mass is 249 g/mol. The number of aliphatic hydroxyl groups is 1. The van der Waals surface area contributed by atoms with E-state index in [2.05, 4.69) is 15.5 Å². The van der Waals surface area contributed by atoms with Crippen molar-refractivity contribution in [2.24, 2.45) is 0 Å². The molecular weight excluding hydrogens is 238 g/mol. The van der Waals surface area contributed by atoms with Crippen LogP contribution in [0.2, 0.25) is 0 Å². The summed E-state index contributed by atoms with van der Waals surface area (Å²) in [6.07, 6.45) is 0.463. The number of hydrogen-bond donors (Lipinski definition) is 1. The number of aromatic nitrogens is 4. The Kier molecular flexibility index (Phi) is 3.58. The van der Waals surface area contributed by atoms with Crippen LogP contribution in [-0.4, -0.2) is 36.8 Å². The lowest BCUT2D eigenvalue weighted by Gasteiger charge is -2.02. The molecule has 0 aliphatic rings. The Morgan fingerprint density at radius 1 is 1.33 bits per heavy atom. The van der Waals surface area contributed by atoms with Gasteiger partial charge in [-0.25, -0.2) is 4.68 Å². The normalized spacial score (nSPS) is 10.5. The molecule has 8 nitrogen and oxygen atoms in total. The number of nitro groups is 1. The molecule has 0 spiro atoms. The maximum atomic E-state index is 10.5. The quantitative estimate of drug-likeness (QED) is 0.597. The van der Waals surface area contributed by atoms with E-state index < -0.39 is 4.92 Å². The van der Waals surface area contributed by atoms with Gasteiger partial charge in [0.25, 0.3) is 5.69 Å². The third-order valence-electron chi connectivity index (χ3n) is 2.43. The van der Waals surface area contributed by atoms with Gasteiger partial charge in [0.1, 0.15) is 0 Å². The minimum atomic E-state index is -0.445. The molecule has 0 aliphatic heterocycles. The van der Waals surface area contributed by atoms with Crippen molar-refractivity contribution in [3.63, 3.8) is 0 Å². The fourth-order valence-electron chi connectivity index (χ4n) is 1.54. The maximum absolute atomic E-state index is 10.5. The zero-order chi connectivity index (χ0) is 13.0. The minimum absolute atomic E-state index is 0.0434. The molecule has 0 amide bonds. The van der Waals surface area contributed by atoms with Crippen molar-refractivity contribution in [1.29, 1.82) is 0 Å². The van der Waals surface area contributed by atoms with E-state index in [1.54, 1.807) is 12.1 Å². The van der Waals surface area contributed by atoms with Gasteiger partial charge in [0, 0.05) is 18.6 Å². The number of hydrogen-bond acceptors (Lipinski definition) is 6. The number of nitrogens with zero attached hydrogens (tertiary/aromatic N) is 5. The van der Waals surface area contributed by atoms with Crippen LogP contribution in [-0.2, 0) is 13.0 Å². The fourth-order valence-corrected chi connectivity index (χ4v) is 1.54. The highest BCUT2D eigenvalue weighted by Gasteiger charge is 2.08. The van der Waals surface area contributed by atoms with E-state index in [0.29, 0.717) is 18.8 Å². The predicted molar refractivity (Wildman–Crippen MR) is 60.8 cm³/mol. The summed E-state index contributed by atoms with van der Waals surface area (Å²) in [5.41, 5.74) is 0.920. The third kappa shape index (κ3) is 2.66. The number of benzene rings is 1. The Balaban J connectivity index is 2.13. The van der Waals surface area contributed by atoms with E-state index in [1.807, 2.05) is 0 Å². The van der Waals surface area contributed by atoms with Crippen LogP contribution in [0.25, 0.3) is 0 Å². The van der Waals surface area contributed by atoms with E-state index >= 15 is 0 Å². The van der Waals surface area contributed by atoms with E-state index in [9.17, 15) is 10.1 Å². The van der Waals surface area contributed by atoms with Crippen LogP contribution in [0.15, 0.2) is 24.3 Å². The van der Waals surface area contributed by atoms with Crippen molar-refractivity contribution in [2.75, 3.05) is 6.61 Å². The van der Waals surface area contributed by atoms with E-state index in [-0.39, 0.29) is 12.3 Å². The van der Waals surface area contributed by atoms with Gasteiger partial charge in [-0.05, 0) is 16.0 Å². The van der Waals surface area contributed by atoms with Gasteiger partial charge in [0.2, 0.25) is 0 Å². The molecule has 0 unspecified atom stereocenters. The Morgan fingerprint density at radius 2 is 2.06 bits per heavy atom. The number of rotatable bonds is 5. The van der Waals surface area contributed by atoms with Crippen LogP contribution in [0.4, 0.5) is 5.69 Å². The smallest absolute Gasteiger partial charge is 0.269 e. The molecule has 1 heterocycles. The summed E-state index contributed by atoms with van der Waals surface area (Å²) < 4.78 is 1.50. The van der Waals surface area contributed by atoms with Gasteiger partial charge in [-0.15, -0.1) is 5.10 Å². The highest BCUT2D eigenvalue weighted by atomic mass is 16.6. The molecule has 18 heavy (non-hydrogen) atoms. The molecule has 1 aromatic carbocycles. The topological polar surface area (TPSA) is 107 Å². The van der Waals surface area contributed by atoms with E-state index in [1.165, 1.54) is 16.8 Å². The first-order valence-electron chi connectivity index (χ1n) is 5.30. The van der Waals surface area contributed by atoms with Crippen LogP contribution in [0.1, 0.15) is 11.4 Å². The minimum Gasteiger partial charge on any atom is -0.394 e. The Labute approximate surface area is 102 Å². The zero-order valence-corrected chi connectivity index (χ0v) is 9.43. The van der Waals surface area contributed by atoms with Gasteiger partial charge in [0.15, 0.2) is 5.82 Å². The van der Waals surface area contributed by atoms with Crippen molar-refractivity contribution in [3.05, 3.63) is 45.8 Å². The van der Waals surface area contributed by atoms with Crippen molar-refractivity contribution in [2.45, 2.75) is 13.0 Å². The Hall–Kier alpha value is -2.35. The summed E-state index contributed by atoms with van der Waals surface area (Å²) in [5.74, 6) is 0.609. The summed E-state index contributed by atoms with van der Waals surface area (Å²) in [6.45, 7) is 0.285. The molecule has 8 heteroatoms. The molecule has 2 rings (SSSR count). The van der Waals surface area contributed by atoms with Crippen molar-refractivity contribution >= 4 is 5.69 Å². The number of nitro benzene ring substituents is 1. The summed E-state index contributed by atoms with van der Waals surface area (Å²) >= 11 is 0. The molecule has 1 N–H and O–H groups in total. The first kappa shape index (κ1) is 12.1. The largest absolute Gasteiger partial charge is 0.394 e. The summed E-state index contributed by atoms with van der Waals surface area (Å²) in [4.78, 5) is 10.1. The molecule has 94 valence electrons. The molecule has 2 aromatic rings. The molecule has 0 bridgehead atoms. The maximum Gasteiger partial charge on any atom is 0.269 e. The Morgan fingerprint density at radius 3 is 2.67 bits per heavy atom. The summed E-state index contributed by atoms with van der Waals surface area (Å²) in [6, 6.07) is 6.21. The molecule has 0 atom stereocenters. The second-order valence-corrected chi connectivity index (χ2v) is 3.64. The van der Waals surface area contributed by atoms with Crippen LogP contribution >= 0.6 is 0 Å². The van der Waals surface area contributed by atoms with Gasteiger partial charge in [-0.3, -0.25) is 10.1 Å². The van der Waals surface area contributed by atoms with Crippen molar-refractivity contribution in [3.8, 4) is 0 Å². The first-order chi connectivity index (χ1) is 8.70. The molecular formula is C10H11N5O3. The molecule has 0 fully saturated rings. The number of aliphatic hydroxyl groups excluding tert-OH is 1. The fraction of sp³-hybridized carbons (Fsp3) is 0.300. The van der Waals surface area contributed by atoms with Crippen LogP contribution in [0.3, 0.4) is 0 Å². The number of non-ortho nitro benzene ring substituents is 1.